The van der Waals surface area contributed by atoms with Crippen molar-refractivity contribution in [2.45, 2.75) is 53.0 Å². The van der Waals surface area contributed by atoms with Gasteiger partial charge in [0.1, 0.15) is 0 Å². The highest BCUT2D eigenvalue weighted by Gasteiger charge is 2.28. The highest BCUT2D eigenvalue weighted by molar-refractivity contribution is 5.85. The minimum atomic E-state index is -0.431. The molecule has 4 N–H and O–H groups in total. The van der Waals surface area contributed by atoms with Crippen LogP contribution in [0.4, 0.5) is 0 Å². The maximum Gasteiger partial charge on any atom is 0.239 e. The van der Waals surface area contributed by atoms with Crippen LogP contribution in [0.2, 0.25) is 0 Å². The second kappa shape index (κ2) is 8.15. The zero-order valence-corrected chi connectivity index (χ0v) is 12.9. The molecule has 0 saturated heterocycles. The fraction of sp³-hybridized carbons (Fsp3) is 0.857. The van der Waals surface area contributed by atoms with Crippen LogP contribution >= 0.6 is 0 Å². The van der Waals surface area contributed by atoms with E-state index in [0.717, 1.165) is 6.42 Å². The summed E-state index contributed by atoms with van der Waals surface area (Å²) in [5, 5.41) is 5.52. The fourth-order valence-corrected chi connectivity index (χ4v) is 1.48. The van der Waals surface area contributed by atoms with Crippen LogP contribution in [-0.4, -0.2) is 30.4 Å². The standard InChI is InChI=1S/C14H29N3O2/c1-10(2)6-7-12(18)16-8-13(19)17-14(5,9-15)11(3)4/h10-11H,6-9,15H2,1-5H3,(H,16,18)(H,17,19). The van der Waals surface area contributed by atoms with Gasteiger partial charge in [0.25, 0.3) is 0 Å². The molecule has 0 aliphatic heterocycles. The van der Waals surface area contributed by atoms with Gasteiger partial charge in [-0.1, -0.05) is 27.7 Å². The normalized spacial score (nSPS) is 14.3. The van der Waals surface area contributed by atoms with E-state index < -0.39 is 5.54 Å². The minimum Gasteiger partial charge on any atom is -0.348 e. The molecular weight excluding hydrogens is 242 g/mol. The Morgan fingerprint density at radius 1 is 1.16 bits per heavy atom. The lowest BCUT2D eigenvalue weighted by atomic mass is 9.88. The molecule has 0 saturated carbocycles. The number of nitrogens with two attached hydrogens (primary N) is 1. The Hall–Kier alpha value is -1.10. The van der Waals surface area contributed by atoms with Crippen molar-refractivity contribution in [3.8, 4) is 0 Å². The van der Waals surface area contributed by atoms with Crippen molar-refractivity contribution < 1.29 is 9.59 Å². The average molecular weight is 271 g/mol. The zero-order chi connectivity index (χ0) is 15.1. The average Bonchev–Trinajstić information content (AvgIpc) is 2.33. The van der Waals surface area contributed by atoms with E-state index in [0.29, 0.717) is 18.9 Å². The molecule has 0 aliphatic carbocycles. The lowest BCUT2D eigenvalue weighted by molar-refractivity contribution is -0.127. The summed E-state index contributed by atoms with van der Waals surface area (Å²) in [5.74, 6) is 0.446. The van der Waals surface area contributed by atoms with Crippen LogP contribution in [0.15, 0.2) is 0 Å². The summed E-state index contributed by atoms with van der Waals surface area (Å²) in [6.07, 6.45) is 1.29. The Balaban J connectivity index is 4.08. The number of hydrogen-bond acceptors (Lipinski definition) is 3. The first-order valence-electron chi connectivity index (χ1n) is 6.99. The van der Waals surface area contributed by atoms with Crippen molar-refractivity contribution >= 4 is 11.8 Å². The van der Waals surface area contributed by atoms with Crippen molar-refractivity contribution in [3.63, 3.8) is 0 Å². The predicted molar refractivity (Wildman–Crippen MR) is 77.5 cm³/mol. The SMILES string of the molecule is CC(C)CCC(=O)NCC(=O)NC(C)(CN)C(C)C. The quantitative estimate of drug-likeness (QED) is 0.616. The van der Waals surface area contributed by atoms with E-state index in [1.807, 2.05) is 20.8 Å². The zero-order valence-electron chi connectivity index (χ0n) is 12.9. The van der Waals surface area contributed by atoms with Gasteiger partial charge in [0.05, 0.1) is 12.1 Å². The smallest absolute Gasteiger partial charge is 0.239 e. The van der Waals surface area contributed by atoms with Crippen molar-refractivity contribution in [2.75, 3.05) is 13.1 Å². The summed E-state index contributed by atoms with van der Waals surface area (Å²) in [6, 6.07) is 0. The van der Waals surface area contributed by atoms with Crippen LogP contribution in [0.25, 0.3) is 0 Å². The van der Waals surface area contributed by atoms with Gasteiger partial charge in [-0.2, -0.15) is 0 Å². The lowest BCUT2D eigenvalue weighted by Gasteiger charge is -2.33. The summed E-state index contributed by atoms with van der Waals surface area (Å²) >= 11 is 0. The molecule has 112 valence electrons. The summed E-state index contributed by atoms with van der Waals surface area (Å²) in [5.41, 5.74) is 5.26. The molecule has 0 aromatic carbocycles. The van der Waals surface area contributed by atoms with Gasteiger partial charge in [-0.3, -0.25) is 9.59 Å². The Labute approximate surface area is 116 Å². The number of carbonyl (C=O) groups is 2. The van der Waals surface area contributed by atoms with Crippen LogP contribution < -0.4 is 16.4 Å². The van der Waals surface area contributed by atoms with E-state index >= 15 is 0 Å². The second-order valence-corrected chi connectivity index (χ2v) is 6.03. The number of hydrogen-bond donors (Lipinski definition) is 3. The molecule has 0 aromatic rings. The van der Waals surface area contributed by atoms with Crippen molar-refractivity contribution in [2.24, 2.45) is 17.6 Å². The van der Waals surface area contributed by atoms with Gasteiger partial charge in [0.2, 0.25) is 11.8 Å². The Morgan fingerprint density at radius 2 is 1.74 bits per heavy atom. The predicted octanol–water partition coefficient (Wildman–Crippen LogP) is 1.03. The molecule has 0 fully saturated rings. The third kappa shape index (κ3) is 7.15. The first-order chi connectivity index (χ1) is 8.71. The Morgan fingerprint density at radius 3 is 2.16 bits per heavy atom. The number of carbonyl (C=O) groups excluding carboxylic acids is 2. The fourth-order valence-electron chi connectivity index (χ4n) is 1.48. The van der Waals surface area contributed by atoms with E-state index in [2.05, 4.69) is 24.5 Å². The molecule has 0 aromatic heterocycles. The number of rotatable bonds is 8. The molecule has 0 bridgehead atoms. The maximum atomic E-state index is 11.8. The van der Waals surface area contributed by atoms with Crippen molar-refractivity contribution in [1.29, 1.82) is 0 Å². The molecule has 0 rings (SSSR count). The van der Waals surface area contributed by atoms with E-state index in [9.17, 15) is 9.59 Å². The van der Waals surface area contributed by atoms with Gasteiger partial charge in [-0.25, -0.2) is 0 Å². The third-order valence-electron chi connectivity index (χ3n) is 3.52. The van der Waals surface area contributed by atoms with E-state index in [4.69, 9.17) is 5.73 Å². The molecular formula is C14H29N3O2. The van der Waals surface area contributed by atoms with E-state index in [-0.39, 0.29) is 24.3 Å². The van der Waals surface area contributed by atoms with Crippen molar-refractivity contribution in [3.05, 3.63) is 0 Å². The topological polar surface area (TPSA) is 84.2 Å². The highest BCUT2D eigenvalue weighted by atomic mass is 16.2. The number of nitrogens with one attached hydrogen (secondary N) is 2. The van der Waals surface area contributed by atoms with Crippen LogP contribution in [0.5, 0.6) is 0 Å². The third-order valence-corrected chi connectivity index (χ3v) is 3.52. The molecule has 0 aliphatic rings. The second-order valence-electron chi connectivity index (χ2n) is 6.03. The summed E-state index contributed by atoms with van der Waals surface area (Å²) in [4.78, 5) is 23.3. The summed E-state index contributed by atoms with van der Waals surface area (Å²) in [6.45, 7) is 10.4. The van der Waals surface area contributed by atoms with E-state index in [1.54, 1.807) is 0 Å². The van der Waals surface area contributed by atoms with Crippen LogP contribution in [-0.2, 0) is 9.59 Å². The molecule has 19 heavy (non-hydrogen) atoms. The van der Waals surface area contributed by atoms with Crippen LogP contribution in [0.3, 0.4) is 0 Å². The van der Waals surface area contributed by atoms with Gasteiger partial charge in [0.15, 0.2) is 0 Å². The number of amides is 2. The summed E-state index contributed by atoms with van der Waals surface area (Å²) in [7, 11) is 0. The maximum absolute atomic E-state index is 11.8. The molecule has 0 heterocycles. The van der Waals surface area contributed by atoms with Gasteiger partial charge >= 0.3 is 0 Å². The largest absolute Gasteiger partial charge is 0.348 e. The van der Waals surface area contributed by atoms with Gasteiger partial charge < -0.3 is 16.4 Å². The molecule has 0 spiro atoms. The Kier molecular flexibility index (Phi) is 7.68. The molecule has 0 radical (unpaired) electrons. The van der Waals surface area contributed by atoms with Crippen molar-refractivity contribution in [1.82, 2.24) is 10.6 Å². The monoisotopic (exact) mass is 271 g/mol. The van der Waals surface area contributed by atoms with E-state index in [1.165, 1.54) is 0 Å². The van der Waals surface area contributed by atoms with Gasteiger partial charge in [-0.05, 0) is 25.2 Å². The highest BCUT2D eigenvalue weighted by Crippen LogP contribution is 2.14. The first-order valence-corrected chi connectivity index (χ1v) is 6.99. The molecule has 5 heteroatoms. The lowest BCUT2D eigenvalue weighted by Crippen LogP contribution is -2.56. The van der Waals surface area contributed by atoms with Crippen LogP contribution in [0, 0.1) is 11.8 Å². The first kappa shape index (κ1) is 17.9. The van der Waals surface area contributed by atoms with Gasteiger partial charge in [-0.15, -0.1) is 0 Å². The minimum absolute atomic E-state index is 0.0131. The Bertz CT molecular complexity index is 303. The van der Waals surface area contributed by atoms with Gasteiger partial charge in [0, 0.05) is 13.0 Å². The molecule has 1 atom stereocenters. The molecule has 2 amide bonds. The molecule has 1 unspecified atom stereocenters. The summed E-state index contributed by atoms with van der Waals surface area (Å²) < 4.78 is 0. The molecule has 5 nitrogen and oxygen atoms in total. The van der Waals surface area contributed by atoms with Crippen LogP contribution in [0.1, 0.15) is 47.5 Å².